The monoisotopic (exact) mass is 392 g/mol. The quantitative estimate of drug-likeness (QED) is 0.757. The molecule has 2 amide bonds. The van der Waals surface area contributed by atoms with Gasteiger partial charge in [-0.05, 0) is 61.5 Å². The predicted molar refractivity (Wildman–Crippen MR) is 118 cm³/mol. The normalized spacial score (nSPS) is 19.4. The first-order valence-corrected chi connectivity index (χ1v) is 10.9. The third kappa shape index (κ3) is 5.51. The van der Waals surface area contributed by atoms with Gasteiger partial charge in [-0.2, -0.15) is 0 Å². The molecule has 154 valence electrons. The smallest absolute Gasteiger partial charge is 0.315 e. The lowest BCUT2D eigenvalue weighted by atomic mass is 10.1. The van der Waals surface area contributed by atoms with Crippen LogP contribution in [-0.4, -0.2) is 43.7 Å². The van der Waals surface area contributed by atoms with Crippen molar-refractivity contribution in [3.05, 3.63) is 65.7 Å². The Balaban J connectivity index is 1.21. The summed E-state index contributed by atoms with van der Waals surface area (Å²) in [5.74, 6) is 0.503. The van der Waals surface area contributed by atoms with Gasteiger partial charge >= 0.3 is 6.03 Å². The molecular formula is C24H32N4O. The molecule has 0 spiro atoms. The van der Waals surface area contributed by atoms with Crippen LogP contribution in [0.2, 0.25) is 0 Å². The third-order valence-electron chi connectivity index (χ3n) is 6.11. The number of carbonyl (C=O) groups excluding carboxylic acids is 1. The van der Waals surface area contributed by atoms with Crippen molar-refractivity contribution >= 4 is 11.7 Å². The summed E-state index contributed by atoms with van der Waals surface area (Å²) in [6.07, 6.45) is 3.71. The minimum atomic E-state index is -0.0702. The van der Waals surface area contributed by atoms with Crippen molar-refractivity contribution in [3.8, 4) is 0 Å². The van der Waals surface area contributed by atoms with Crippen molar-refractivity contribution in [1.29, 1.82) is 0 Å². The molecule has 5 heteroatoms. The molecule has 2 aromatic carbocycles. The number of hydrogen-bond donors (Lipinski definition) is 2. The van der Waals surface area contributed by atoms with Gasteiger partial charge in [0.2, 0.25) is 0 Å². The molecule has 2 fully saturated rings. The zero-order chi connectivity index (χ0) is 19.9. The number of para-hydroxylation sites is 1. The zero-order valence-corrected chi connectivity index (χ0v) is 17.1. The third-order valence-corrected chi connectivity index (χ3v) is 6.11. The van der Waals surface area contributed by atoms with Crippen molar-refractivity contribution in [3.63, 3.8) is 0 Å². The van der Waals surface area contributed by atoms with Crippen molar-refractivity contribution < 1.29 is 4.79 Å². The van der Waals surface area contributed by atoms with Crippen LogP contribution in [0.1, 0.15) is 30.4 Å². The Hall–Kier alpha value is -2.53. The molecular weight excluding hydrogens is 360 g/mol. The number of rotatable bonds is 7. The van der Waals surface area contributed by atoms with E-state index in [2.05, 4.69) is 69.0 Å². The number of nitrogens with zero attached hydrogens (tertiary/aromatic N) is 2. The Morgan fingerprint density at radius 3 is 2.41 bits per heavy atom. The van der Waals surface area contributed by atoms with Crippen LogP contribution in [0.15, 0.2) is 54.6 Å². The highest BCUT2D eigenvalue weighted by molar-refractivity contribution is 5.73. The SMILES string of the molecule is O=C(NCc1ccccc1CN1CCCC1)NCC1CCN(c2ccccc2)C1. The highest BCUT2D eigenvalue weighted by Crippen LogP contribution is 2.23. The molecule has 0 radical (unpaired) electrons. The second-order valence-corrected chi connectivity index (χ2v) is 8.25. The molecule has 2 N–H and O–H groups in total. The number of amides is 2. The molecule has 4 rings (SSSR count). The van der Waals surface area contributed by atoms with E-state index < -0.39 is 0 Å². The van der Waals surface area contributed by atoms with Crippen molar-refractivity contribution in [2.75, 3.05) is 37.6 Å². The van der Waals surface area contributed by atoms with E-state index in [0.717, 1.165) is 32.6 Å². The standard InChI is InChI=1S/C24H32N4O/c29-24(25-16-20-12-15-28(18-20)23-10-2-1-3-11-23)26-17-21-8-4-5-9-22(21)19-27-13-6-7-14-27/h1-5,8-11,20H,6-7,12-19H2,(H2,25,26,29). The van der Waals surface area contributed by atoms with E-state index in [4.69, 9.17) is 0 Å². The summed E-state index contributed by atoms with van der Waals surface area (Å²) in [7, 11) is 0. The Morgan fingerprint density at radius 2 is 1.62 bits per heavy atom. The fraction of sp³-hybridized carbons (Fsp3) is 0.458. The average Bonchev–Trinajstić information content (AvgIpc) is 3.44. The maximum absolute atomic E-state index is 12.3. The molecule has 0 saturated carbocycles. The van der Waals surface area contributed by atoms with Crippen molar-refractivity contribution in [1.82, 2.24) is 15.5 Å². The van der Waals surface area contributed by atoms with Crippen LogP contribution >= 0.6 is 0 Å². The Bertz CT molecular complexity index is 788. The molecule has 2 aliphatic rings. The number of benzene rings is 2. The van der Waals surface area contributed by atoms with E-state index in [1.54, 1.807) is 0 Å². The maximum atomic E-state index is 12.3. The lowest BCUT2D eigenvalue weighted by Crippen LogP contribution is -2.38. The summed E-state index contributed by atoms with van der Waals surface area (Å²) >= 11 is 0. The fourth-order valence-electron chi connectivity index (χ4n) is 4.41. The number of hydrogen-bond acceptors (Lipinski definition) is 3. The predicted octanol–water partition coefficient (Wildman–Crippen LogP) is 3.61. The first-order chi connectivity index (χ1) is 14.3. The van der Waals surface area contributed by atoms with Gasteiger partial charge in [0.1, 0.15) is 0 Å². The van der Waals surface area contributed by atoms with Gasteiger partial charge in [-0.25, -0.2) is 4.79 Å². The summed E-state index contributed by atoms with van der Waals surface area (Å²) in [5, 5.41) is 6.12. The molecule has 1 atom stereocenters. The largest absolute Gasteiger partial charge is 0.371 e. The number of carbonyl (C=O) groups is 1. The lowest BCUT2D eigenvalue weighted by Gasteiger charge is -2.19. The molecule has 0 aliphatic carbocycles. The maximum Gasteiger partial charge on any atom is 0.315 e. The number of nitrogens with one attached hydrogen (secondary N) is 2. The highest BCUT2D eigenvalue weighted by Gasteiger charge is 2.23. The summed E-state index contributed by atoms with van der Waals surface area (Å²) in [4.78, 5) is 17.2. The summed E-state index contributed by atoms with van der Waals surface area (Å²) < 4.78 is 0. The van der Waals surface area contributed by atoms with Crippen LogP contribution in [0, 0.1) is 5.92 Å². The second kappa shape index (κ2) is 9.79. The topological polar surface area (TPSA) is 47.6 Å². The Kier molecular flexibility index (Phi) is 6.67. The lowest BCUT2D eigenvalue weighted by molar-refractivity contribution is 0.239. The molecule has 29 heavy (non-hydrogen) atoms. The van der Waals surface area contributed by atoms with Gasteiger partial charge in [-0.15, -0.1) is 0 Å². The molecule has 1 unspecified atom stereocenters. The van der Waals surface area contributed by atoms with Crippen LogP contribution in [0.5, 0.6) is 0 Å². The van der Waals surface area contributed by atoms with Gasteiger partial charge < -0.3 is 15.5 Å². The first kappa shape index (κ1) is 19.8. The van der Waals surface area contributed by atoms with E-state index in [9.17, 15) is 4.79 Å². The molecule has 0 aromatic heterocycles. The first-order valence-electron chi connectivity index (χ1n) is 10.9. The summed E-state index contributed by atoms with van der Waals surface area (Å²) in [6, 6.07) is 18.9. The molecule has 2 aromatic rings. The molecule has 0 bridgehead atoms. The van der Waals surface area contributed by atoms with E-state index in [1.807, 2.05) is 6.07 Å². The van der Waals surface area contributed by atoms with Gasteiger partial charge in [0.05, 0.1) is 0 Å². The zero-order valence-electron chi connectivity index (χ0n) is 17.1. The van der Waals surface area contributed by atoms with Gasteiger partial charge in [-0.1, -0.05) is 42.5 Å². The van der Waals surface area contributed by atoms with Crippen molar-refractivity contribution in [2.45, 2.75) is 32.4 Å². The average molecular weight is 393 g/mol. The van der Waals surface area contributed by atoms with Gasteiger partial charge in [0.25, 0.3) is 0 Å². The minimum absolute atomic E-state index is 0.0702. The van der Waals surface area contributed by atoms with E-state index in [-0.39, 0.29) is 6.03 Å². The number of likely N-dealkylation sites (tertiary alicyclic amines) is 1. The Labute approximate surface area is 174 Å². The van der Waals surface area contributed by atoms with Gasteiger partial charge in [0.15, 0.2) is 0 Å². The van der Waals surface area contributed by atoms with Crippen LogP contribution in [0.3, 0.4) is 0 Å². The van der Waals surface area contributed by atoms with E-state index in [0.29, 0.717) is 12.5 Å². The summed E-state index contributed by atoms with van der Waals surface area (Å²) in [6.45, 7) is 6.72. The number of anilines is 1. The van der Waals surface area contributed by atoms with Crippen LogP contribution in [0.25, 0.3) is 0 Å². The van der Waals surface area contributed by atoms with Crippen LogP contribution < -0.4 is 15.5 Å². The Morgan fingerprint density at radius 1 is 0.897 bits per heavy atom. The van der Waals surface area contributed by atoms with Gasteiger partial charge in [0, 0.05) is 38.4 Å². The van der Waals surface area contributed by atoms with Crippen LogP contribution in [-0.2, 0) is 13.1 Å². The minimum Gasteiger partial charge on any atom is -0.371 e. The second-order valence-electron chi connectivity index (χ2n) is 8.25. The van der Waals surface area contributed by atoms with Gasteiger partial charge in [-0.3, -0.25) is 4.90 Å². The molecule has 2 aliphatic heterocycles. The van der Waals surface area contributed by atoms with E-state index in [1.165, 1.54) is 42.7 Å². The molecule has 2 saturated heterocycles. The fourth-order valence-corrected chi connectivity index (χ4v) is 4.41. The molecule has 5 nitrogen and oxygen atoms in total. The highest BCUT2D eigenvalue weighted by atomic mass is 16.2. The van der Waals surface area contributed by atoms with Crippen molar-refractivity contribution in [2.24, 2.45) is 5.92 Å². The molecule has 2 heterocycles. The number of urea groups is 1. The summed E-state index contributed by atoms with van der Waals surface area (Å²) in [5.41, 5.74) is 3.81. The van der Waals surface area contributed by atoms with Crippen LogP contribution in [0.4, 0.5) is 10.5 Å². The van der Waals surface area contributed by atoms with E-state index >= 15 is 0 Å².